The molecule has 0 radical (unpaired) electrons. The molecule has 0 spiro atoms. The monoisotopic (exact) mass is 310 g/mol. The van der Waals surface area contributed by atoms with E-state index in [2.05, 4.69) is 16.7 Å². The third-order valence-electron chi connectivity index (χ3n) is 4.20. The number of rotatable bonds is 5. The zero-order chi connectivity index (χ0) is 16.1. The summed E-state index contributed by atoms with van der Waals surface area (Å²) in [6.07, 6.45) is 0.895. The zero-order valence-electron chi connectivity index (χ0n) is 13.0. The summed E-state index contributed by atoms with van der Waals surface area (Å²) in [4.78, 5) is 12.4. The normalized spacial score (nSPS) is 18.0. The first-order valence-corrected chi connectivity index (χ1v) is 8.05. The Kier molecular flexibility index (Phi) is 5.05. The van der Waals surface area contributed by atoms with Crippen molar-refractivity contribution in [2.24, 2.45) is 0 Å². The summed E-state index contributed by atoms with van der Waals surface area (Å²) >= 11 is 0. The third-order valence-corrected chi connectivity index (χ3v) is 4.20. The minimum atomic E-state index is -0.583. The maximum Gasteiger partial charge on any atom is 0.241 e. The minimum absolute atomic E-state index is 0.0794. The minimum Gasteiger partial charge on any atom is -0.391 e. The summed E-state index contributed by atoms with van der Waals surface area (Å²) in [6, 6.07) is 17.5. The Morgan fingerprint density at radius 3 is 2.74 bits per heavy atom. The molecule has 2 atom stereocenters. The highest BCUT2D eigenvalue weighted by atomic mass is 16.3. The van der Waals surface area contributed by atoms with Crippen molar-refractivity contribution in [1.29, 1.82) is 0 Å². The van der Waals surface area contributed by atoms with Gasteiger partial charge in [-0.25, -0.2) is 0 Å². The number of aliphatic hydroxyl groups is 1. The fraction of sp³-hybridized carbons (Fsp3) is 0.316. The van der Waals surface area contributed by atoms with Crippen molar-refractivity contribution >= 4 is 5.91 Å². The number of carbonyl (C=O) groups is 1. The van der Waals surface area contributed by atoms with Crippen LogP contribution in [0.3, 0.4) is 0 Å². The predicted octanol–water partition coefficient (Wildman–Crippen LogP) is 1.59. The van der Waals surface area contributed by atoms with Crippen molar-refractivity contribution in [2.75, 3.05) is 13.1 Å². The van der Waals surface area contributed by atoms with E-state index < -0.39 is 6.10 Å². The molecule has 0 aromatic heterocycles. The second kappa shape index (κ2) is 7.40. The van der Waals surface area contributed by atoms with Gasteiger partial charge in [0.05, 0.1) is 6.10 Å². The molecule has 23 heavy (non-hydrogen) atoms. The maximum atomic E-state index is 12.4. The van der Waals surface area contributed by atoms with Gasteiger partial charge in [-0.2, -0.15) is 0 Å². The fourth-order valence-corrected chi connectivity index (χ4v) is 3.02. The molecule has 0 saturated carbocycles. The number of fused-ring (bicyclic) bond motifs is 1. The smallest absolute Gasteiger partial charge is 0.241 e. The van der Waals surface area contributed by atoms with E-state index in [4.69, 9.17) is 0 Å². The molecule has 1 aliphatic rings. The van der Waals surface area contributed by atoms with E-state index in [-0.39, 0.29) is 18.5 Å². The number of hydrogen-bond donors (Lipinski definition) is 3. The van der Waals surface area contributed by atoms with Gasteiger partial charge in [0.1, 0.15) is 6.04 Å². The highest BCUT2D eigenvalue weighted by Gasteiger charge is 2.25. The molecule has 4 heteroatoms. The lowest BCUT2D eigenvalue weighted by atomic mass is 9.94. The van der Waals surface area contributed by atoms with Crippen LogP contribution in [0.5, 0.6) is 0 Å². The molecule has 1 heterocycles. The van der Waals surface area contributed by atoms with Crippen LogP contribution in [0.15, 0.2) is 54.6 Å². The van der Waals surface area contributed by atoms with E-state index in [0.29, 0.717) is 6.42 Å². The molecule has 1 aliphatic heterocycles. The van der Waals surface area contributed by atoms with Gasteiger partial charge in [-0.05, 0) is 23.1 Å². The second-order valence-corrected chi connectivity index (χ2v) is 5.92. The van der Waals surface area contributed by atoms with Crippen LogP contribution in [0.2, 0.25) is 0 Å². The molecule has 2 aromatic rings. The molecule has 0 aliphatic carbocycles. The average molecular weight is 310 g/mol. The van der Waals surface area contributed by atoms with E-state index in [1.165, 1.54) is 5.56 Å². The summed E-state index contributed by atoms with van der Waals surface area (Å²) in [5.41, 5.74) is 3.32. The van der Waals surface area contributed by atoms with Crippen molar-refractivity contribution in [3.63, 3.8) is 0 Å². The van der Waals surface area contributed by atoms with Crippen molar-refractivity contribution in [1.82, 2.24) is 10.6 Å². The molecule has 0 bridgehead atoms. The van der Waals surface area contributed by atoms with Gasteiger partial charge in [0.15, 0.2) is 0 Å². The predicted molar refractivity (Wildman–Crippen MR) is 90.1 cm³/mol. The fourth-order valence-electron chi connectivity index (χ4n) is 3.02. The van der Waals surface area contributed by atoms with Crippen LogP contribution >= 0.6 is 0 Å². The van der Waals surface area contributed by atoms with Gasteiger partial charge in [-0.15, -0.1) is 0 Å². The van der Waals surface area contributed by atoms with E-state index in [0.717, 1.165) is 24.1 Å². The molecule has 4 nitrogen and oxygen atoms in total. The third kappa shape index (κ3) is 3.97. The van der Waals surface area contributed by atoms with Crippen LogP contribution in [0.1, 0.15) is 22.7 Å². The highest BCUT2D eigenvalue weighted by molar-refractivity contribution is 5.84. The first kappa shape index (κ1) is 15.7. The summed E-state index contributed by atoms with van der Waals surface area (Å²) in [7, 11) is 0. The Balaban J connectivity index is 1.56. The molecular weight excluding hydrogens is 288 g/mol. The van der Waals surface area contributed by atoms with Crippen LogP contribution in [0.25, 0.3) is 0 Å². The van der Waals surface area contributed by atoms with Gasteiger partial charge < -0.3 is 15.7 Å². The maximum absolute atomic E-state index is 12.4. The molecule has 0 fully saturated rings. The zero-order valence-corrected chi connectivity index (χ0v) is 13.0. The Hall–Kier alpha value is -2.17. The number of carbonyl (C=O) groups excluding carboxylic acids is 1. The first-order valence-electron chi connectivity index (χ1n) is 8.05. The van der Waals surface area contributed by atoms with Gasteiger partial charge in [0, 0.05) is 19.5 Å². The van der Waals surface area contributed by atoms with Crippen LogP contribution in [-0.4, -0.2) is 30.2 Å². The van der Waals surface area contributed by atoms with E-state index in [1.54, 1.807) is 0 Å². The topological polar surface area (TPSA) is 61.4 Å². The SMILES string of the molecule is O=C(NCC(O)Cc1ccccc1)C1NCCc2ccccc21. The molecule has 2 aromatic carbocycles. The average Bonchev–Trinajstić information content (AvgIpc) is 2.60. The van der Waals surface area contributed by atoms with Gasteiger partial charge in [-0.3, -0.25) is 4.79 Å². The molecule has 2 unspecified atom stereocenters. The van der Waals surface area contributed by atoms with E-state index >= 15 is 0 Å². The van der Waals surface area contributed by atoms with Crippen LogP contribution in [0.4, 0.5) is 0 Å². The quantitative estimate of drug-likeness (QED) is 0.786. The summed E-state index contributed by atoms with van der Waals surface area (Å²) in [5, 5.41) is 16.2. The number of nitrogens with one attached hydrogen (secondary N) is 2. The summed E-state index contributed by atoms with van der Waals surface area (Å²) in [5.74, 6) is -0.0794. The van der Waals surface area contributed by atoms with Gasteiger partial charge in [0.25, 0.3) is 0 Å². The Morgan fingerprint density at radius 1 is 1.17 bits per heavy atom. The number of hydrogen-bond acceptors (Lipinski definition) is 3. The molecule has 1 amide bonds. The lowest BCUT2D eigenvalue weighted by molar-refractivity contribution is -0.123. The molecule has 3 rings (SSSR count). The number of aliphatic hydroxyl groups excluding tert-OH is 1. The number of benzene rings is 2. The molecule has 120 valence electrons. The Labute approximate surface area is 136 Å². The lowest BCUT2D eigenvalue weighted by Gasteiger charge is -2.26. The van der Waals surface area contributed by atoms with Gasteiger partial charge >= 0.3 is 0 Å². The second-order valence-electron chi connectivity index (χ2n) is 5.92. The molecular formula is C19H22N2O2. The Bertz CT molecular complexity index is 657. The summed E-state index contributed by atoms with van der Waals surface area (Å²) < 4.78 is 0. The largest absolute Gasteiger partial charge is 0.391 e. The van der Waals surface area contributed by atoms with Crippen molar-refractivity contribution in [3.8, 4) is 0 Å². The van der Waals surface area contributed by atoms with E-state index in [9.17, 15) is 9.90 Å². The van der Waals surface area contributed by atoms with E-state index in [1.807, 2.05) is 48.5 Å². The summed E-state index contributed by atoms with van der Waals surface area (Å²) in [6.45, 7) is 1.05. The standard InChI is InChI=1S/C19H22N2O2/c22-16(12-14-6-2-1-3-7-14)13-21-19(23)18-17-9-5-4-8-15(17)10-11-20-18/h1-9,16,18,20,22H,10-13H2,(H,21,23). The molecule has 3 N–H and O–H groups in total. The lowest BCUT2D eigenvalue weighted by Crippen LogP contribution is -2.43. The Morgan fingerprint density at radius 2 is 1.91 bits per heavy atom. The first-order chi connectivity index (χ1) is 11.2. The van der Waals surface area contributed by atoms with Crippen molar-refractivity contribution < 1.29 is 9.90 Å². The van der Waals surface area contributed by atoms with Gasteiger partial charge in [-0.1, -0.05) is 54.6 Å². The highest BCUT2D eigenvalue weighted by Crippen LogP contribution is 2.22. The van der Waals surface area contributed by atoms with Crippen LogP contribution in [0, 0.1) is 0 Å². The van der Waals surface area contributed by atoms with Crippen molar-refractivity contribution in [3.05, 3.63) is 71.3 Å². The van der Waals surface area contributed by atoms with Crippen molar-refractivity contribution in [2.45, 2.75) is 25.0 Å². The van der Waals surface area contributed by atoms with Crippen LogP contribution < -0.4 is 10.6 Å². The van der Waals surface area contributed by atoms with Gasteiger partial charge in [0.2, 0.25) is 5.91 Å². The van der Waals surface area contributed by atoms with Crippen LogP contribution in [-0.2, 0) is 17.6 Å². The molecule has 0 saturated heterocycles. The number of amides is 1.